The second-order valence-corrected chi connectivity index (χ2v) is 8.86. The fraction of sp³-hybridized carbons (Fsp3) is 0.233. The zero-order chi connectivity index (χ0) is 24.1. The number of carbonyl (C=O) groups excluding carboxylic acids is 1. The number of para-hydroxylation sites is 2. The lowest BCUT2D eigenvalue weighted by atomic mass is 9.91. The number of Topliss-reactive ketones (excluding diaryl/α,β-unsaturated/α-hetero) is 1. The van der Waals surface area contributed by atoms with Gasteiger partial charge in [0.2, 0.25) is 5.78 Å². The largest absolute Gasteiger partial charge is 0.458 e. The van der Waals surface area contributed by atoms with Gasteiger partial charge in [-0.15, -0.1) is 5.10 Å². The molecule has 1 aromatic heterocycles. The molecule has 0 saturated heterocycles. The molecule has 0 saturated carbocycles. The van der Waals surface area contributed by atoms with Crippen LogP contribution in [0.1, 0.15) is 49.4 Å². The second kappa shape index (κ2) is 10.1. The van der Waals surface area contributed by atoms with Gasteiger partial charge in [0.25, 0.3) is 5.72 Å². The summed E-state index contributed by atoms with van der Waals surface area (Å²) in [5.41, 5.74) is 0.740. The van der Waals surface area contributed by atoms with Crippen LogP contribution in [0.25, 0.3) is 21.8 Å². The second-order valence-electron chi connectivity index (χ2n) is 8.86. The number of nitrogens with zero attached hydrogens (tertiary/aromatic N) is 3. The molecule has 1 heterocycles. The zero-order valence-corrected chi connectivity index (χ0v) is 19.9. The normalized spacial score (nSPS) is 13.1. The van der Waals surface area contributed by atoms with Crippen molar-refractivity contribution in [3.63, 3.8) is 0 Å². The maximum Gasteiger partial charge on any atom is 0.267 e. The van der Waals surface area contributed by atoms with Gasteiger partial charge in [0, 0.05) is 12.0 Å². The van der Waals surface area contributed by atoms with Crippen molar-refractivity contribution in [3.05, 3.63) is 103 Å². The first kappa shape index (κ1) is 22.8. The van der Waals surface area contributed by atoms with Gasteiger partial charge in [0.1, 0.15) is 11.3 Å². The Kier molecular flexibility index (Phi) is 6.57. The van der Waals surface area contributed by atoms with Gasteiger partial charge in [0.05, 0.1) is 5.52 Å². The molecule has 0 amide bonds. The number of hydrogen-bond acceptors (Lipinski definition) is 4. The Hall–Kier alpha value is -3.99. The third kappa shape index (κ3) is 4.42. The number of rotatable bonds is 10. The summed E-state index contributed by atoms with van der Waals surface area (Å²) in [6, 6.07) is 31.1. The van der Waals surface area contributed by atoms with Crippen LogP contribution in [0, 0.1) is 0 Å². The summed E-state index contributed by atoms with van der Waals surface area (Å²) in [5.74, 6) is 0.501. The SMILES string of the molecule is CCCCCCC(Oc1ccccc1)(C(=O)c1cccc2ccccc12)n1nnc2ccccc21. The van der Waals surface area contributed by atoms with E-state index in [1.54, 1.807) is 4.68 Å². The van der Waals surface area contributed by atoms with Crippen molar-refractivity contribution in [2.24, 2.45) is 0 Å². The molecule has 0 radical (unpaired) electrons. The average Bonchev–Trinajstić information content (AvgIpc) is 3.35. The Bertz CT molecular complexity index is 1440. The van der Waals surface area contributed by atoms with E-state index in [0.717, 1.165) is 47.5 Å². The summed E-state index contributed by atoms with van der Waals surface area (Å²) in [4.78, 5) is 14.7. The smallest absolute Gasteiger partial charge is 0.267 e. The molecule has 1 unspecified atom stereocenters. The highest BCUT2D eigenvalue weighted by molar-refractivity contribution is 6.11. The number of benzene rings is 4. The number of ketones is 1. The van der Waals surface area contributed by atoms with Gasteiger partial charge in [-0.3, -0.25) is 4.79 Å². The summed E-state index contributed by atoms with van der Waals surface area (Å²) >= 11 is 0. The highest BCUT2D eigenvalue weighted by atomic mass is 16.5. The van der Waals surface area contributed by atoms with Crippen LogP contribution in [0.5, 0.6) is 5.75 Å². The number of hydrogen-bond donors (Lipinski definition) is 0. The summed E-state index contributed by atoms with van der Waals surface area (Å²) < 4.78 is 8.41. The van der Waals surface area contributed by atoms with Crippen molar-refractivity contribution in [2.75, 3.05) is 0 Å². The molecular formula is C30H29N3O2. The molecule has 35 heavy (non-hydrogen) atoms. The summed E-state index contributed by atoms with van der Waals surface area (Å²) in [6.07, 6.45) is 4.52. The number of aromatic nitrogens is 3. The molecule has 0 bridgehead atoms. The third-order valence-corrected chi connectivity index (χ3v) is 6.48. The van der Waals surface area contributed by atoms with Crippen LogP contribution in [0.4, 0.5) is 0 Å². The van der Waals surface area contributed by atoms with Crippen molar-refractivity contribution < 1.29 is 9.53 Å². The number of carbonyl (C=O) groups is 1. The molecule has 0 spiro atoms. The van der Waals surface area contributed by atoms with E-state index in [1.807, 2.05) is 97.1 Å². The predicted molar refractivity (Wildman–Crippen MR) is 140 cm³/mol. The van der Waals surface area contributed by atoms with E-state index in [-0.39, 0.29) is 5.78 Å². The molecule has 0 N–H and O–H groups in total. The maximum absolute atomic E-state index is 14.7. The summed E-state index contributed by atoms with van der Waals surface area (Å²) in [5, 5.41) is 10.8. The fourth-order valence-electron chi connectivity index (χ4n) is 4.70. The molecule has 1 atom stereocenters. The van der Waals surface area contributed by atoms with Crippen LogP contribution in [0.3, 0.4) is 0 Å². The molecule has 0 fully saturated rings. The van der Waals surface area contributed by atoms with E-state index in [2.05, 4.69) is 17.2 Å². The molecule has 0 aliphatic carbocycles. The first-order valence-electron chi connectivity index (χ1n) is 12.3. The predicted octanol–water partition coefficient (Wildman–Crippen LogP) is 7.17. The molecule has 5 nitrogen and oxygen atoms in total. The lowest BCUT2D eigenvalue weighted by Gasteiger charge is -2.34. The molecule has 5 aromatic rings. The minimum atomic E-state index is -1.38. The zero-order valence-electron chi connectivity index (χ0n) is 19.9. The Morgan fingerprint density at radius 2 is 1.57 bits per heavy atom. The van der Waals surface area contributed by atoms with E-state index in [9.17, 15) is 4.79 Å². The van der Waals surface area contributed by atoms with E-state index in [0.29, 0.717) is 17.7 Å². The van der Waals surface area contributed by atoms with E-state index in [4.69, 9.17) is 4.74 Å². The van der Waals surface area contributed by atoms with Crippen molar-refractivity contribution in [1.82, 2.24) is 15.0 Å². The molecule has 5 heteroatoms. The number of fused-ring (bicyclic) bond motifs is 2. The lowest BCUT2D eigenvalue weighted by molar-refractivity contribution is -0.00950. The van der Waals surface area contributed by atoms with Gasteiger partial charge in [-0.05, 0) is 41.5 Å². The van der Waals surface area contributed by atoms with Gasteiger partial charge in [-0.1, -0.05) is 104 Å². The Morgan fingerprint density at radius 3 is 2.43 bits per heavy atom. The Balaban J connectivity index is 1.73. The molecular weight excluding hydrogens is 434 g/mol. The summed E-state index contributed by atoms with van der Waals surface area (Å²) in [6.45, 7) is 2.18. The maximum atomic E-state index is 14.7. The molecule has 0 aliphatic rings. The first-order valence-corrected chi connectivity index (χ1v) is 12.3. The van der Waals surface area contributed by atoms with Crippen molar-refractivity contribution >= 4 is 27.6 Å². The highest BCUT2D eigenvalue weighted by Gasteiger charge is 2.45. The van der Waals surface area contributed by atoms with Gasteiger partial charge < -0.3 is 4.74 Å². The lowest BCUT2D eigenvalue weighted by Crippen LogP contribution is -2.48. The average molecular weight is 464 g/mol. The van der Waals surface area contributed by atoms with Gasteiger partial charge in [-0.25, -0.2) is 0 Å². The van der Waals surface area contributed by atoms with Crippen molar-refractivity contribution in [2.45, 2.75) is 44.8 Å². The number of ether oxygens (including phenoxy) is 1. The Labute approximate surface area is 205 Å². The molecule has 176 valence electrons. The minimum absolute atomic E-state index is 0.120. The van der Waals surface area contributed by atoms with E-state index in [1.165, 1.54) is 0 Å². The van der Waals surface area contributed by atoms with Crippen LogP contribution in [-0.2, 0) is 5.72 Å². The van der Waals surface area contributed by atoms with Gasteiger partial charge >= 0.3 is 0 Å². The summed E-state index contributed by atoms with van der Waals surface area (Å²) in [7, 11) is 0. The molecule has 4 aromatic carbocycles. The van der Waals surface area contributed by atoms with Crippen LogP contribution in [0.2, 0.25) is 0 Å². The van der Waals surface area contributed by atoms with Crippen molar-refractivity contribution in [3.8, 4) is 5.75 Å². The van der Waals surface area contributed by atoms with E-state index >= 15 is 0 Å². The van der Waals surface area contributed by atoms with Crippen LogP contribution >= 0.6 is 0 Å². The van der Waals surface area contributed by atoms with Crippen molar-refractivity contribution in [1.29, 1.82) is 0 Å². The van der Waals surface area contributed by atoms with Crippen LogP contribution < -0.4 is 4.74 Å². The minimum Gasteiger partial charge on any atom is -0.458 e. The van der Waals surface area contributed by atoms with Gasteiger partial charge in [-0.2, -0.15) is 4.68 Å². The number of unbranched alkanes of at least 4 members (excludes halogenated alkanes) is 3. The quantitative estimate of drug-likeness (QED) is 0.163. The standard InChI is InChI=1S/C30H29N3O2/c1-2-3-4-12-22-30(35-24-16-6-5-7-17-24,33-28-21-11-10-20-27(28)31-32-33)29(34)26-19-13-15-23-14-8-9-18-25(23)26/h5-11,13-21H,2-4,12,22H2,1H3. The van der Waals surface area contributed by atoms with Crippen LogP contribution in [-0.4, -0.2) is 20.8 Å². The first-order chi connectivity index (χ1) is 17.2. The third-order valence-electron chi connectivity index (χ3n) is 6.48. The molecule has 5 rings (SSSR count). The Morgan fingerprint density at radius 1 is 0.829 bits per heavy atom. The van der Waals surface area contributed by atoms with Gasteiger partial charge in [0.15, 0.2) is 0 Å². The highest BCUT2D eigenvalue weighted by Crippen LogP contribution is 2.36. The monoisotopic (exact) mass is 463 g/mol. The fourth-order valence-corrected chi connectivity index (χ4v) is 4.70. The topological polar surface area (TPSA) is 57.0 Å². The molecule has 0 aliphatic heterocycles. The van der Waals surface area contributed by atoms with E-state index < -0.39 is 5.72 Å². The van der Waals surface area contributed by atoms with Crippen LogP contribution in [0.15, 0.2) is 97.1 Å².